The van der Waals surface area contributed by atoms with Crippen LogP contribution in [0.25, 0.3) is 0 Å². The fraction of sp³-hybridized carbons (Fsp3) is 0.650. The third-order valence-corrected chi connectivity index (χ3v) is 8.03. The van der Waals surface area contributed by atoms with Gasteiger partial charge in [-0.3, -0.25) is 4.79 Å². The molecule has 0 bridgehead atoms. The van der Waals surface area contributed by atoms with E-state index in [9.17, 15) is 22.8 Å². The molecular weight excluding hydrogens is 458 g/mol. The van der Waals surface area contributed by atoms with Crippen molar-refractivity contribution in [3.63, 3.8) is 0 Å². The molecule has 1 N–H and O–H groups in total. The summed E-state index contributed by atoms with van der Waals surface area (Å²) in [6, 6.07) is 0. The predicted molar refractivity (Wildman–Crippen MR) is 119 cm³/mol. The minimum Gasteiger partial charge on any atom is -0.462 e. The summed E-state index contributed by atoms with van der Waals surface area (Å²) >= 11 is 1.26. The number of amides is 2. The maximum absolute atomic E-state index is 12.9. The molecule has 0 aliphatic carbocycles. The van der Waals surface area contributed by atoms with E-state index in [4.69, 9.17) is 9.47 Å². The zero-order valence-corrected chi connectivity index (χ0v) is 20.1. The van der Waals surface area contributed by atoms with Crippen molar-refractivity contribution < 1.29 is 32.3 Å². The lowest BCUT2D eigenvalue weighted by molar-refractivity contribution is -0.120. The van der Waals surface area contributed by atoms with Crippen molar-refractivity contribution in [2.45, 2.75) is 39.7 Å². The summed E-state index contributed by atoms with van der Waals surface area (Å²) in [6.45, 7) is 5.22. The second-order valence-corrected chi connectivity index (χ2v) is 10.8. The van der Waals surface area contributed by atoms with E-state index in [-0.39, 0.29) is 38.1 Å². The van der Waals surface area contributed by atoms with Crippen LogP contribution < -0.4 is 5.32 Å². The van der Waals surface area contributed by atoms with Crippen molar-refractivity contribution >= 4 is 44.3 Å². The summed E-state index contributed by atoms with van der Waals surface area (Å²) in [6.07, 6.45) is 2.04. The number of nitrogens with one attached hydrogen (secondary N) is 1. The first-order valence-corrected chi connectivity index (χ1v) is 13.3. The van der Waals surface area contributed by atoms with Crippen LogP contribution >= 0.6 is 11.3 Å². The highest BCUT2D eigenvalue weighted by atomic mass is 32.2. The van der Waals surface area contributed by atoms with Crippen LogP contribution in [0, 0.1) is 5.92 Å². The Morgan fingerprint density at radius 1 is 1.09 bits per heavy atom. The standard InChI is InChI=1S/C20H29N3O7S2/c1-4-29-19(25)16-14-8-9-22(20(26)30-5-2)12-15(14)31-18(16)21-17(24)13-6-10-23(11-7-13)32(3,27)28/h13H,4-12H2,1-3H3,(H,21,24). The van der Waals surface area contributed by atoms with Gasteiger partial charge in [-0.15, -0.1) is 11.3 Å². The third kappa shape index (κ3) is 5.41. The van der Waals surface area contributed by atoms with E-state index < -0.39 is 22.1 Å². The summed E-state index contributed by atoms with van der Waals surface area (Å²) in [4.78, 5) is 40.1. The molecule has 3 rings (SSSR count). The van der Waals surface area contributed by atoms with Gasteiger partial charge in [0.15, 0.2) is 0 Å². The zero-order valence-electron chi connectivity index (χ0n) is 18.5. The number of fused-ring (bicyclic) bond motifs is 1. The minimum atomic E-state index is -3.28. The molecule has 0 saturated carbocycles. The van der Waals surface area contributed by atoms with E-state index in [1.165, 1.54) is 15.6 Å². The van der Waals surface area contributed by atoms with Crippen molar-refractivity contribution in [3.05, 3.63) is 16.0 Å². The van der Waals surface area contributed by atoms with Crippen LogP contribution in [0.5, 0.6) is 0 Å². The molecule has 12 heteroatoms. The van der Waals surface area contributed by atoms with Crippen LogP contribution in [0.15, 0.2) is 0 Å². The van der Waals surface area contributed by atoms with E-state index in [0.717, 1.165) is 16.7 Å². The van der Waals surface area contributed by atoms with Crippen LogP contribution in [-0.4, -0.2) is 74.7 Å². The predicted octanol–water partition coefficient (Wildman–Crippen LogP) is 2.05. The van der Waals surface area contributed by atoms with Gasteiger partial charge in [-0.05, 0) is 38.7 Å². The van der Waals surface area contributed by atoms with Gasteiger partial charge in [-0.2, -0.15) is 0 Å². The molecule has 0 radical (unpaired) electrons. The molecular formula is C20H29N3O7S2. The molecule has 0 unspecified atom stereocenters. The van der Waals surface area contributed by atoms with Crippen molar-refractivity contribution in [1.82, 2.24) is 9.21 Å². The number of piperidine rings is 1. The van der Waals surface area contributed by atoms with Gasteiger partial charge in [-0.1, -0.05) is 0 Å². The summed E-state index contributed by atoms with van der Waals surface area (Å²) in [7, 11) is -3.28. The molecule has 1 fully saturated rings. The van der Waals surface area contributed by atoms with E-state index in [1.807, 2.05) is 0 Å². The van der Waals surface area contributed by atoms with Crippen molar-refractivity contribution in [3.8, 4) is 0 Å². The molecule has 0 spiro atoms. The first-order valence-electron chi connectivity index (χ1n) is 10.6. The molecule has 0 aromatic carbocycles. The van der Waals surface area contributed by atoms with Gasteiger partial charge in [0.1, 0.15) is 5.00 Å². The maximum Gasteiger partial charge on any atom is 0.410 e. The molecule has 1 saturated heterocycles. The highest BCUT2D eigenvalue weighted by molar-refractivity contribution is 7.88. The summed E-state index contributed by atoms with van der Waals surface area (Å²) in [5, 5.41) is 3.29. The largest absolute Gasteiger partial charge is 0.462 e. The lowest BCUT2D eigenvalue weighted by Gasteiger charge is -2.29. The fourth-order valence-corrected chi connectivity index (χ4v) is 6.07. The Balaban J connectivity index is 1.78. The monoisotopic (exact) mass is 487 g/mol. The highest BCUT2D eigenvalue weighted by Crippen LogP contribution is 2.38. The minimum absolute atomic E-state index is 0.204. The van der Waals surface area contributed by atoms with Gasteiger partial charge in [-0.25, -0.2) is 22.3 Å². The maximum atomic E-state index is 12.9. The summed E-state index contributed by atoms with van der Waals surface area (Å²) in [5.41, 5.74) is 1.13. The Labute approximate surface area is 191 Å². The zero-order chi connectivity index (χ0) is 23.5. The van der Waals surface area contributed by atoms with Crippen LogP contribution in [0.2, 0.25) is 0 Å². The fourth-order valence-electron chi connectivity index (χ4n) is 3.94. The van der Waals surface area contributed by atoms with Crippen LogP contribution in [0.4, 0.5) is 9.80 Å². The van der Waals surface area contributed by atoms with Gasteiger partial charge in [0.25, 0.3) is 0 Å². The average molecular weight is 488 g/mol. The molecule has 10 nitrogen and oxygen atoms in total. The number of hydrogen-bond acceptors (Lipinski definition) is 8. The number of sulfonamides is 1. The number of thiophene rings is 1. The number of esters is 1. The number of rotatable bonds is 6. The lowest BCUT2D eigenvalue weighted by Crippen LogP contribution is -2.40. The highest BCUT2D eigenvalue weighted by Gasteiger charge is 2.34. The smallest absolute Gasteiger partial charge is 0.410 e. The lowest BCUT2D eigenvalue weighted by atomic mass is 9.97. The van der Waals surface area contributed by atoms with E-state index in [0.29, 0.717) is 42.9 Å². The molecule has 1 aromatic rings. The van der Waals surface area contributed by atoms with E-state index in [2.05, 4.69) is 5.32 Å². The van der Waals surface area contributed by atoms with Gasteiger partial charge in [0, 0.05) is 30.4 Å². The Bertz CT molecular complexity index is 982. The van der Waals surface area contributed by atoms with Gasteiger partial charge >= 0.3 is 12.1 Å². The van der Waals surface area contributed by atoms with Gasteiger partial charge < -0.3 is 19.7 Å². The molecule has 3 heterocycles. The second-order valence-electron chi connectivity index (χ2n) is 7.72. The number of hydrogen-bond donors (Lipinski definition) is 1. The number of anilines is 1. The van der Waals surface area contributed by atoms with E-state index in [1.54, 1.807) is 18.7 Å². The first kappa shape index (κ1) is 24.5. The molecule has 32 heavy (non-hydrogen) atoms. The molecule has 178 valence electrons. The molecule has 2 amide bonds. The number of carbonyl (C=O) groups is 3. The van der Waals surface area contributed by atoms with Crippen LogP contribution in [0.3, 0.4) is 0 Å². The van der Waals surface area contributed by atoms with Crippen molar-refractivity contribution in [2.75, 3.05) is 44.4 Å². The normalized spacial score (nSPS) is 17.5. The average Bonchev–Trinajstić information content (AvgIpc) is 3.10. The number of carbonyl (C=O) groups excluding carboxylic acids is 3. The van der Waals surface area contributed by atoms with Gasteiger partial charge in [0.2, 0.25) is 15.9 Å². The molecule has 0 atom stereocenters. The Morgan fingerprint density at radius 3 is 2.34 bits per heavy atom. The quantitative estimate of drug-likeness (QED) is 0.609. The molecule has 2 aliphatic rings. The topological polar surface area (TPSA) is 122 Å². The van der Waals surface area contributed by atoms with Crippen molar-refractivity contribution in [1.29, 1.82) is 0 Å². The Kier molecular flexibility index (Phi) is 7.78. The third-order valence-electron chi connectivity index (χ3n) is 5.59. The second kappa shape index (κ2) is 10.2. The molecule has 1 aromatic heterocycles. The summed E-state index contributed by atoms with van der Waals surface area (Å²) < 4.78 is 35.1. The van der Waals surface area contributed by atoms with E-state index >= 15 is 0 Å². The Morgan fingerprint density at radius 2 is 1.75 bits per heavy atom. The SMILES string of the molecule is CCOC(=O)c1c(NC(=O)C2CCN(S(C)(=O)=O)CC2)sc2c1CCN(C(=O)OCC)C2. The number of nitrogens with zero attached hydrogens (tertiary/aromatic N) is 2. The molecule has 2 aliphatic heterocycles. The number of ether oxygens (including phenoxy) is 2. The Hall–Kier alpha value is -2.18. The van der Waals surface area contributed by atoms with Crippen LogP contribution in [0.1, 0.15) is 47.5 Å². The van der Waals surface area contributed by atoms with Crippen LogP contribution in [-0.2, 0) is 37.3 Å². The van der Waals surface area contributed by atoms with Gasteiger partial charge in [0.05, 0.1) is 31.6 Å². The first-order chi connectivity index (χ1) is 15.2. The summed E-state index contributed by atoms with van der Waals surface area (Å²) in [5.74, 6) is -1.10. The van der Waals surface area contributed by atoms with Crippen molar-refractivity contribution in [2.24, 2.45) is 5.92 Å².